The molecule has 1 heterocycles. The van der Waals surface area contributed by atoms with Crippen LogP contribution in [0.3, 0.4) is 0 Å². The van der Waals surface area contributed by atoms with Gasteiger partial charge in [-0.2, -0.15) is 0 Å². The van der Waals surface area contributed by atoms with Gasteiger partial charge in [0.2, 0.25) is 0 Å². The average molecular weight is 740 g/mol. The van der Waals surface area contributed by atoms with Crippen LogP contribution in [0, 0.1) is 27.6 Å². The van der Waals surface area contributed by atoms with E-state index in [1.807, 2.05) is 79.8 Å². The monoisotopic (exact) mass is 738 g/mol. The fourth-order valence-corrected chi connectivity index (χ4v) is 6.73. The van der Waals surface area contributed by atoms with E-state index in [2.05, 4.69) is 96.1 Å². The number of Topliss-reactive ketones (excluding diaryl/α,β-unsaturated/α-hetero) is 2. The Hall–Kier alpha value is -3.66. The Morgan fingerprint density at radius 1 is 0.635 bits per heavy atom. The van der Waals surface area contributed by atoms with Crippen LogP contribution in [0.1, 0.15) is 114 Å². The number of carbonyl (C=O) groups excluding carboxylic acids is 2. The van der Waals surface area contributed by atoms with Crippen LogP contribution in [0.4, 0.5) is 0 Å². The standard InChI is InChI=1S/C47H56Cl2O3/c1-15-32(48)19-16-28(2)40(30-24-34(44(3,4)5)42(50)35(25-30)45(6,7)8)38-22-23-39(52-38)41(29-17-20-33(49)21-18-29)31-26-36(46(9,10)11)43(51)37(27-31)47(12,13)14/h15-28H,1-14H3/b19-16-,32-15+. The van der Waals surface area contributed by atoms with Crippen LogP contribution in [-0.2, 0) is 9.59 Å². The van der Waals surface area contributed by atoms with E-state index in [1.165, 1.54) is 0 Å². The summed E-state index contributed by atoms with van der Waals surface area (Å²) < 4.78 is 6.97. The minimum atomic E-state index is -0.382. The lowest BCUT2D eigenvalue weighted by atomic mass is 9.71. The third-order valence-electron chi connectivity index (χ3n) is 9.54. The van der Waals surface area contributed by atoms with Crippen LogP contribution in [-0.4, -0.2) is 11.6 Å². The van der Waals surface area contributed by atoms with Crippen LogP contribution in [0.25, 0.3) is 11.1 Å². The summed E-state index contributed by atoms with van der Waals surface area (Å²) in [5.74, 6) is 1.35. The van der Waals surface area contributed by atoms with Crippen molar-refractivity contribution in [3.63, 3.8) is 0 Å². The SMILES string of the molecule is C/C=C(Cl)\C=C/C(C)C(=C1C=C(C(C)(C)C)C(=O)C(C(C)(C)C)=C1)c1ccc(C(=C2C=C(C(C)(C)C)C(=O)C(C(C)(C)C)=C2)c2ccc(Cl)cc2)o1. The van der Waals surface area contributed by atoms with Gasteiger partial charge in [0.25, 0.3) is 0 Å². The number of ketones is 2. The molecular weight excluding hydrogens is 683 g/mol. The lowest BCUT2D eigenvalue weighted by Gasteiger charge is -2.32. The molecule has 2 aliphatic carbocycles. The molecule has 2 aliphatic rings. The van der Waals surface area contributed by atoms with Gasteiger partial charge >= 0.3 is 0 Å². The summed E-state index contributed by atoms with van der Waals surface area (Å²) in [6, 6.07) is 11.8. The predicted octanol–water partition coefficient (Wildman–Crippen LogP) is 13.9. The number of carbonyl (C=O) groups is 2. The molecule has 0 bridgehead atoms. The zero-order chi connectivity index (χ0) is 39.1. The predicted molar refractivity (Wildman–Crippen MR) is 221 cm³/mol. The molecule has 2 aromatic rings. The van der Waals surface area contributed by atoms with Gasteiger partial charge in [0, 0.05) is 49.4 Å². The molecule has 1 aromatic heterocycles. The van der Waals surface area contributed by atoms with Crippen molar-refractivity contribution >= 4 is 45.9 Å². The van der Waals surface area contributed by atoms with E-state index in [-0.39, 0.29) is 39.1 Å². The van der Waals surface area contributed by atoms with E-state index in [0.717, 1.165) is 50.1 Å². The van der Waals surface area contributed by atoms with Gasteiger partial charge in [-0.25, -0.2) is 0 Å². The smallest absolute Gasteiger partial charge is 0.186 e. The second-order valence-electron chi connectivity index (χ2n) is 18.1. The van der Waals surface area contributed by atoms with Crippen LogP contribution in [0.5, 0.6) is 0 Å². The van der Waals surface area contributed by atoms with Crippen molar-refractivity contribution in [1.82, 2.24) is 0 Å². The number of allylic oxidation sites excluding steroid dienone is 15. The van der Waals surface area contributed by atoms with Crippen molar-refractivity contribution < 1.29 is 14.0 Å². The maximum Gasteiger partial charge on any atom is 0.186 e. The van der Waals surface area contributed by atoms with E-state index in [0.29, 0.717) is 21.6 Å². The zero-order valence-corrected chi connectivity index (χ0v) is 35.1. The minimum Gasteiger partial charge on any atom is -0.456 e. The van der Waals surface area contributed by atoms with Crippen molar-refractivity contribution in [3.8, 4) is 0 Å². The molecule has 5 heteroatoms. The molecule has 52 heavy (non-hydrogen) atoms. The maximum atomic E-state index is 13.9. The lowest BCUT2D eigenvalue weighted by Crippen LogP contribution is -2.28. The van der Waals surface area contributed by atoms with Crippen molar-refractivity contribution in [1.29, 1.82) is 0 Å². The average Bonchev–Trinajstić information content (AvgIpc) is 3.48. The second kappa shape index (κ2) is 15.0. The Morgan fingerprint density at radius 3 is 1.44 bits per heavy atom. The molecule has 0 saturated carbocycles. The Morgan fingerprint density at radius 2 is 1.04 bits per heavy atom. The van der Waals surface area contributed by atoms with Crippen molar-refractivity contribution in [3.05, 3.63) is 140 Å². The minimum absolute atomic E-state index is 0.0708. The highest BCUT2D eigenvalue weighted by Gasteiger charge is 2.37. The van der Waals surface area contributed by atoms with Gasteiger partial charge in [0.15, 0.2) is 11.6 Å². The van der Waals surface area contributed by atoms with Crippen molar-refractivity contribution in [2.45, 2.75) is 96.9 Å². The molecule has 0 radical (unpaired) electrons. The Bertz CT molecular complexity index is 1930. The van der Waals surface area contributed by atoms with Crippen LogP contribution in [0.15, 0.2) is 122 Å². The quantitative estimate of drug-likeness (QED) is 0.277. The van der Waals surface area contributed by atoms with Gasteiger partial charge in [0.05, 0.1) is 0 Å². The second-order valence-corrected chi connectivity index (χ2v) is 19.0. The summed E-state index contributed by atoms with van der Waals surface area (Å²) in [6.07, 6.45) is 14.0. The first-order chi connectivity index (χ1) is 23.8. The first-order valence-electron chi connectivity index (χ1n) is 18.2. The molecular formula is C47H56Cl2O3. The molecule has 4 rings (SSSR count). The molecule has 0 aliphatic heterocycles. The molecule has 0 N–H and O–H groups in total. The Labute approximate surface area is 322 Å². The summed E-state index contributed by atoms with van der Waals surface area (Å²) in [5.41, 5.74) is 6.05. The van der Waals surface area contributed by atoms with Gasteiger partial charge in [-0.3, -0.25) is 9.59 Å². The highest BCUT2D eigenvalue weighted by Crippen LogP contribution is 2.45. The fourth-order valence-electron chi connectivity index (χ4n) is 6.53. The van der Waals surface area contributed by atoms with Crippen LogP contribution in [0.2, 0.25) is 5.02 Å². The molecule has 3 nitrogen and oxygen atoms in total. The van der Waals surface area contributed by atoms with Gasteiger partial charge in [-0.05, 0) is 99.9 Å². The normalized spacial score (nSPS) is 17.3. The topological polar surface area (TPSA) is 47.3 Å². The van der Waals surface area contributed by atoms with Crippen molar-refractivity contribution in [2.75, 3.05) is 0 Å². The maximum absolute atomic E-state index is 13.9. The van der Waals surface area contributed by atoms with E-state index < -0.39 is 0 Å². The Balaban J connectivity index is 2.13. The number of rotatable bonds is 6. The molecule has 1 unspecified atom stereocenters. The summed E-state index contributed by atoms with van der Waals surface area (Å²) in [5, 5.41) is 1.27. The van der Waals surface area contributed by atoms with E-state index in [4.69, 9.17) is 27.6 Å². The Kier molecular flexibility index (Phi) is 11.9. The zero-order valence-electron chi connectivity index (χ0n) is 33.6. The first kappa shape index (κ1) is 41.1. The fraction of sp³-hybridized carbons (Fsp3) is 0.404. The summed E-state index contributed by atoms with van der Waals surface area (Å²) in [7, 11) is 0. The first-order valence-corrected chi connectivity index (χ1v) is 18.9. The van der Waals surface area contributed by atoms with Gasteiger partial charge in [0.1, 0.15) is 11.5 Å². The largest absolute Gasteiger partial charge is 0.456 e. The summed E-state index contributed by atoms with van der Waals surface area (Å²) >= 11 is 12.8. The van der Waals surface area contributed by atoms with Gasteiger partial charge < -0.3 is 4.42 Å². The third-order valence-corrected chi connectivity index (χ3v) is 10.1. The number of hydrogen-bond donors (Lipinski definition) is 0. The van der Waals surface area contributed by atoms with Crippen LogP contribution < -0.4 is 0 Å². The molecule has 1 atom stereocenters. The number of hydrogen-bond acceptors (Lipinski definition) is 3. The molecule has 0 fully saturated rings. The molecule has 1 aromatic carbocycles. The highest BCUT2D eigenvalue weighted by molar-refractivity contribution is 6.31. The third kappa shape index (κ3) is 9.10. The molecule has 0 saturated heterocycles. The van der Waals surface area contributed by atoms with Crippen LogP contribution >= 0.6 is 23.2 Å². The van der Waals surface area contributed by atoms with E-state index in [9.17, 15) is 9.59 Å². The summed E-state index contributed by atoms with van der Waals surface area (Å²) in [4.78, 5) is 27.9. The molecule has 0 amide bonds. The number of benzene rings is 1. The lowest BCUT2D eigenvalue weighted by molar-refractivity contribution is -0.114. The van der Waals surface area contributed by atoms with E-state index >= 15 is 0 Å². The highest BCUT2D eigenvalue weighted by atomic mass is 35.5. The van der Waals surface area contributed by atoms with Gasteiger partial charge in [-0.1, -0.05) is 137 Å². The number of furan rings is 1. The number of halogens is 2. The van der Waals surface area contributed by atoms with Gasteiger partial charge in [-0.15, -0.1) is 0 Å². The molecule has 276 valence electrons. The van der Waals surface area contributed by atoms with E-state index in [1.54, 1.807) is 0 Å². The van der Waals surface area contributed by atoms with Crippen molar-refractivity contribution in [2.24, 2.45) is 27.6 Å². The summed E-state index contributed by atoms with van der Waals surface area (Å²) in [6.45, 7) is 29.0. The molecule has 0 spiro atoms.